The number of fused-ring (bicyclic) bond motifs is 2. The number of carbonyl (C=O) groups excluding carboxylic acids is 2. The summed E-state index contributed by atoms with van der Waals surface area (Å²) in [6.45, 7) is 10.5. The monoisotopic (exact) mass is 1010 g/mol. The van der Waals surface area contributed by atoms with E-state index in [0.29, 0.717) is 92.9 Å². The topological polar surface area (TPSA) is 122 Å². The molecule has 0 atom stereocenters. The molecule has 2 fully saturated rings. The second kappa shape index (κ2) is 24.5. The molecule has 2 aliphatic rings. The Morgan fingerprint density at radius 2 is 1.01 bits per heavy atom. The summed E-state index contributed by atoms with van der Waals surface area (Å²) in [5.41, 5.74) is 5.60. The Hall–Kier alpha value is -7.51. The number of hydrogen-bond donors (Lipinski definition) is 0. The van der Waals surface area contributed by atoms with Crippen LogP contribution in [0.15, 0.2) is 146 Å². The summed E-state index contributed by atoms with van der Waals surface area (Å²) in [7, 11) is 3.22. The van der Waals surface area contributed by atoms with Gasteiger partial charge in [-0.15, -0.1) is 11.6 Å². The number of aryl methyl sites for hydroxylation is 2. The molecule has 74 heavy (non-hydrogen) atoms. The van der Waals surface area contributed by atoms with Crippen molar-refractivity contribution in [3.8, 4) is 46.0 Å². The number of methoxy groups -OCH3 is 2. The van der Waals surface area contributed by atoms with Crippen LogP contribution in [-0.2, 0) is 0 Å². The van der Waals surface area contributed by atoms with E-state index in [1.54, 1.807) is 50.9 Å². The molecule has 0 radical (unpaired) electrons. The second-order valence-electron chi connectivity index (χ2n) is 18.5. The highest BCUT2D eigenvalue weighted by molar-refractivity contribution is 6.18. The Balaban J connectivity index is 0.000000189. The molecule has 0 aliphatic carbocycles. The van der Waals surface area contributed by atoms with E-state index in [2.05, 4.69) is 19.8 Å². The highest BCUT2D eigenvalue weighted by Gasteiger charge is 2.27. The van der Waals surface area contributed by atoms with Gasteiger partial charge in [-0.2, -0.15) is 0 Å². The molecular weight excluding hydrogens is 952 g/mol. The molecule has 0 saturated carbocycles. The van der Waals surface area contributed by atoms with Crippen molar-refractivity contribution in [1.82, 2.24) is 19.8 Å². The van der Waals surface area contributed by atoms with Crippen LogP contribution >= 0.6 is 11.6 Å². The number of ketones is 2. The van der Waals surface area contributed by atoms with Crippen LogP contribution in [0.2, 0.25) is 0 Å². The molecule has 0 spiro atoms. The number of rotatable bonds is 18. The van der Waals surface area contributed by atoms with Gasteiger partial charge in [-0.05, 0) is 114 Å². The minimum absolute atomic E-state index is 0.0822. The van der Waals surface area contributed by atoms with E-state index in [0.717, 1.165) is 53.1 Å². The Morgan fingerprint density at radius 3 is 1.47 bits per heavy atom. The number of likely N-dealkylation sites (tertiary alicyclic amines) is 2. The Labute approximate surface area is 437 Å². The summed E-state index contributed by atoms with van der Waals surface area (Å²) in [4.78, 5) is 40.8. The first-order valence-corrected chi connectivity index (χ1v) is 25.7. The molecule has 2 aliphatic heterocycles. The van der Waals surface area contributed by atoms with Crippen LogP contribution in [0.25, 0.3) is 21.8 Å². The second-order valence-corrected chi connectivity index (χ2v) is 18.8. The predicted molar refractivity (Wildman–Crippen MR) is 291 cm³/mol. The molecule has 0 amide bonds. The molecule has 8 aromatic rings. The Morgan fingerprint density at radius 1 is 0.541 bits per heavy atom. The predicted octanol–water partition coefficient (Wildman–Crippen LogP) is 12.7. The maximum Gasteiger partial charge on any atom is 0.196 e. The van der Waals surface area contributed by atoms with Gasteiger partial charge in [-0.25, -0.2) is 0 Å². The third-order valence-electron chi connectivity index (χ3n) is 13.5. The maximum absolute atomic E-state index is 13.4. The normalized spacial score (nSPS) is 14.0. The van der Waals surface area contributed by atoms with Crippen LogP contribution in [-0.4, -0.2) is 103 Å². The quantitative estimate of drug-likeness (QED) is 0.0601. The third kappa shape index (κ3) is 12.3. The average molecular weight is 1010 g/mol. The number of piperidine rings is 1. The van der Waals surface area contributed by atoms with Crippen LogP contribution in [0.4, 0.5) is 0 Å². The fraction of sp³-hybridized carbons (Fsp3) is 0.279. The van der Waals surface area contributed by atoms with Crippen molar-refractivity contribution >= 4 is 45.0 Å². The summed E-state index contributed by atoms with van der Waals surface area (Å²) >= 11 is 5.75. The van der Waals surface area contributed by atoms with Crippen LogP contribution in [0.5, 0.6) is 46.0 Å². The first kappa shape index (κ1) is 51.4. The molecule has 2 saturated heterocycles. The summed E-state index contributed by atoms with van der Waals surface area (Å²) in [5.74, 6) is 4.69. The Bertz CT molecular complexity index is 3210. The fourth-order valence-corrected chi connectivity index (χ4v) is 9.65. The SMILES string of the molecule is COc1cc2c(Oc3ccc(C)cc3C(=O)c3ccccc3)ccnc2cc1OCCCl.COc1cc2c(Oc3ccc(C)cc3C(=O)c3ccccc3)ccnc2cc1OCCN1CCC(N2CCCC2)CC1. The summed E-state index contributed by atoms with van der Waals surface area (Å²) in [6.07, 6.45) is 8.56. The minimum atomic E-state index is -0.1000. The average Bonchev–Trinajstić information content (AvgIpc) is 3.99. The van der Waals surface area contributed by atoms with Gasteiger partial charge in [0.25, 0.3) is 0 Å². The fourth-order valence-electron chi connectivity index (χ4n) is 9.58. The molecule has 0 unspecified atom stereocenters. The zero-order chi connectivity index (χ0) is 51.4. The highest BCUT2D eigenvalue weighted by atomic mass is 35.5. The van der Waals surface area contributed by atoms with Crippen LogP contribution in [0, 0.1) is 13.8 Å². The van der Waals surface area contributed by atoms with Crippen molar-refractivity contribution in [2.75, 3.05) is 66.0 Å². The minimum Gasteiger partial charge on any atom is -0.493 e. The van der Waals surface area contributed by atoms with Gasteiger partial charge in [0.15, 0.2) is 34.6 Å². The number of nitrogens with zero attached hydrogens (tertiary/aromatic N) is 4. The molecule has 0 N–H and O–H groups in total. The highest BCUT2D eigenvalue weighted by Crippen LogP contribution is 2.40. The smallest absolute Gasteiger partial charge is 0.196 e. The zero-order valence-corrected chi connectivity index (χ0v) is 43.1. The van der Waals surface area contributed by atoms with Crippen molar-refractivity contribution in [1.29, 1.82) is 0 Å². The number of ether oxygens (including phenoxy) is 6. The molecule has 10 rings (SSSR count). The van der Waals surface area contributed by atoms with Crippen LogP contribution < -0.4 is 28.4 Å². The number of halogens is 1. The molecule has 6 aromatic carbocycles. The van der Waals surface area contributed by atoms with E-state index in [1.807, 2.05) is 123 Å². The number of alkyl halides is 1. The molecule has 12 nitrogen and oxygen atoms in total. The third-order valence-corrected chi connectivity index (χ3v) is 13.6. The largest absolute Gasteiger partial charge is 0.493 e. The lowest BCUT2D eigenvalue weighted by molar-refractivity contribution is 0.102. The number of hydrogen-bond acceptors (Lipinski definition) is 12. The molecule has 380 valence electrons. The number of pyridine rings is 2. The summed E-state index contributed by atoms with van der Waals surface area (Å²) in [5, 5.41) is 1.52. The number of benzene rings is 6. The van der Waals surface area contributed by atoms with Crippen molar-refractivity contribution in [2.24, 2.45) is 0 Å². The molecule has 13 heteroatoms. The lowest BCUT2D eigenvalue weighted by Gasteiger charge is -2.36. The first-order chi connectivity index (χ1) is 36.2. The van der Waals surface area contributed by atoms with Gasteiger partial charge in [-0.3, -0.25) is 24.5 Å². The number of aromatic nitrogens is 2. The first-order valence-electron chi connectivity index (χ1n) is 25.2. The van der Waals surface area contributed by atoms with Crippen molar-refractivity contribution in [3.63, 3.8) is 0 Å². The Kier molecular flexibility index (Phi) is 17.0. The molecule has 2 aromatic heterocycles. The molecule has 4 heterocycles. The molecule has 0 bridgehead atoms. The van der Waals surface area contributed by atoms with Crippen LogP contribution in [0.3, 0.4) is 0 Å². The summed E-state index contributed by atoms with van der Waals surface area (Å²) in [6, 6.07) is 41.4. The van der Waals surface area contributed by atoms with E-state index in [9.17, 15) is 9.59 Å². The van der Waals surface area contributed by atoms with Crippen LogP contribution in [0.1, 0.15) is 68.7 Å². The van der Waals surface area contributed by atoms with Gasteiger partial charge >= 0.3 is 0 Å². The number of carbonyl (C=O) groups is 2. The standard InChI is InChI=1S/C35H39N3O4.C26H22ClNO4/c1-25-10-11-31(29(22-25)35(39)26-8-4-3-5-9-26)42-32-12-15-36-30-24-34(33(40-2)23-28(30)32)41-21-20-37-18-13-27(14-19-37)38-16-6-7-17-38;1-17-8-9-22(20(14-17)26(29)18-6-4-3-5-7-18)32-23-10-12-28-21-16-25(31-13-11-27)24(30-2)15-19(21)23/h3-5,8-12,15,22-24,27H,6-7,13-14,16-21H2,1-2H3;3-10,12,14-16H,11,13H2,1-2H3. The van der Waals surface area contributed by atoms with Crippen molar-refractivity contribution in [3.05, 3.63) is 179 Å². The van der Waals surface area contributed by atoms with E-state index in [4.69, 9.17) is 40.0 Å². The van der Waals surface area contributed by atoms with Gasteiger partial charge in [-0.1, -0.05) is 83.9 Å². The lowest BCUT2D eigenvalue weighted by Crippen LogP contribution is -2.44. The van der Waals surface area contributed by atoms with Gasteiger partial charge < -0.3 is 33.3 Å². The van der Waals surface area contributed by atoms with E-state index < -0.39 is 0 Å². The summed E-state index contributed by atoms with van der Waals surface area (Å²) < 4.78 is 35.8. The maximum atomic E-state index is 13.4. The van der Waals surface area contributed by atoms with Gasteiger partial charge in [0.05, 0.1) is 42.3 Å². The van der Waals surface area contributed by atoms with E-state index in [1.165, 1.54) is 38.8 Å². The lowest BCUT2D eigenvalue weighted by atomic mass is 10.0. The molecular formula is C61H61ClN4O8. The van der Waals surface area contributed by atoms with Gasteiger partial charge in [0, 0.05) is 59.0 Å². The van der Waals surface area contributed by atoms with Gasteiger partial charge in [0.2, 0.25) is 0 Å². The zero-order valence-electron chi connectivity index (χ0n) is 42.4. The van der Waals surface area contributed by atoms with Crippen molar-refractivity contribution in [2.45, 2.75) is 45.6 Å². The van der Waals surface area contributed by atoms with Crippen molar-refractivity contribution < 1.29 is 38.0 Å². The van der Waals surface area contributed by atoms with E-state index in [-0.39, 0.29) is 11.6 Å². The van der Waals surface area contributed by atoms with E-state index >= 15 is 0 Å². The van der Waals surface area contributed by atoms with Gasteiger partial charge in [0.1, 0.15) is 36.2 Å².